The van der Waals surface area contributed by atoms with Crippen LogP contribution < -0.4 is 0 Å². The Labute approximate surface area is 78.5 Å². The Bertz CT molecular complexity index is 166. The number of ether oxygens (including phenoxy) is 1. The molecule has 0 bridgehead atoms. The molecule has 0 aromatic heterocycles. The summed E-state index contributed by atoms with van der Waals surface area (Å²) in [6.07, 6.45) is 0.731. The van der Waals surface area contributed by atoms with Crippen molar-refractivity contribution in [2.45, 2.75) is 13.3 Å². The lowest BCUT2D eigenvalue weighted by atomic mass is 10.1. The minimum Gasteiger partial charge on any atom is -0.481 e. The fourth-order valence-corrected chi connectivity index (χ4v) is 1.32. The van der Waals surface area contributed by atoms with Gasteiger partial charge in [0.05, 0.1) is 19.1 Å². The number of rotatable bonds is 4. The number of carbonyl (C=O) groups is 1. The van der Waals surface area contributed by atoms with Crippen LogP contribution in [0.5, 0.6) is 0 Å². The number of carboxylic acids is 1. The van der Waals surface area contributed by atoms with E-state index in [-0.39, 0.29) is 5.92 Å². The predicted octanol–water partition coefficient (Wildman–Crippen LogP) is 0.429. The third-order valence-corrected chi connectivity index (χ3v) is 2.40. The summed E-state index contributed by atoms with van der Waals surface area (Å²) in [7, 11) is 0. The molecule has 1 fully saturated rings. The van der Waals surface area contributed by atoms with Gasteiger partial charge in [0.25, 0.3) is 0 Å². The summed E-state index contributed by atoms with van der Waals surface area (Å²) in [6, 6.07) is 0. The zero-order valence-corrected chi connectivity index (χ0v) is 8.03. The van der Waals surface area contributed by atoms with E-state index >= 15 is 0 Å². The first-order chi connectivity index (χ1) is 6.20. The smallest absolute Gasteiger partial charge is 0.306 e. The van der Waals surface area contributed by atoms with Crippen molar-refractivity contribution in [2.75, 3.05) is 32.8 Å². The monoisotopic (exact) mass is 187 g/mol. The lowest BCUT2D eigenvalue weighted by Gasteiger charge is -2.26. The highest BCUT2D eigenvalue weighted by molar-refractivity contribution is 5.69. The molecule has 1 unspecified atom stereocenters. The lowest BCUT2D eigenvalue weighted by Crippen LogP contribution is -2.37. The normalized spacial score (nSPS) is 21.3. The number of hydrogen-bond acceptors (Lipinski definition) is 3. The minimum absolute atomic E-state index is 0.233. The molecule has 0 spiro atoms. The Morgan fingerprint density at radius 3 is 2.69 bits per heavy atom. The van der Waals surface area contributed by atoms with Crippen LogP contribution in [0.4, 0.5) is 0 Å². The molecular weight excluding hydrogens is 170 g/mol. The van der Waals surface area contributed by atoms with Crippen LogP contribution >= 0.6 is 0 Å². The van der Waals surface area contributed by atoms with Crippen LogP contribution in [0, 0.1) is 5.92 Å². The van der Waals surface area contributed by atoms with Crippen molar-refractivity contribution in [2.24, 2.45) is 5.92 Å². The second-order valence-electron chi connectivity index (χ2n) is 3.48. The highest BCUT2D eigenvalue weighted by Gasteiger charge is 2.14. The fraction of sp³-hybridized carbons (Fsp3) is 0.889. The van der Waals surface area contributed by atoms with Crippen molar-refractivity contribution in [1.82, 2.24) is 4.90 Å². The molecule has 4 nitrogen and oxygen atoms in total. The van der Waals surface area contributed by atoms with E-state index < -0.39 is 5.97 Å². The predicted molar refractivity (Wildman–Crippen MR) is 48.7 cm³/mol. The van der Waals surface area contributed by atoms with E-state index in [1.54, 1.807) is 6.92 Å². The molecule has 1 atom stereocenters. The third-order valence-electron chi connectivity index (χ3n) is 2.40. The molecule has 1 heterocycles. The topological polar surface area (TPSA) is 49.8 Å². The Balaban J connectivity index is 2.13. The van der Waals surface area contributed by atoms with Gasteiger partial charge in [-0.3, -0.25) is 9.69 Å². The van der Waals surface area contributed by atoms with Crippen molar-refractivity contribution in [3.05, 3.63) is 0 Å². The highest BCUT2D eigenvalue weighted by Crippen LogP contribution is 2.05. The SMILES string of the molecule is CC(CCN1CCOCC1)C(=O)O. The van der Waals surface area contributed by atoms with Gasteiger partial charge < -0.3 is 9.84 Å². The molecule has 13 heavy (non-hydrogen) atoms. The van der Waals surface area contributed by atoms with Gasteiger partial charge in [0, 0.05) is 13.1 Å². The van der Waals surface area contributed by atoms with E-state index in [2.05, 4.69) is 4.90 Å². The molecule has 0 aliphatic carbocycles. The van der Waals surface area contributed by atoms with Gasteiger partial charge in [0.1, 0.15) is 0 Å². The maximum Gasteiger partial charge on any atom is 0.306 e. The Morgan fingerprint density at radius 1 is 1.54 bits per heavy atom. The van der Waals surface area contributed by atoms with Crippen molar-refractivity contribution in [1.29, 1.82) is 0 Å². The van der Waals surface area contributed by atoms with Gasteiger partial charge in [-0.1, -0.05) is 6.92 Å². The van der Waals surface area contributed by atoms with Gasteiger partial charge in [-0.2, -0.15) is 0 Å². The maximum atomic E-state index is 10.5. The standard InChI is InChI=1S/C9H17NO3/c1-8(9(11)12)2-3-10-4-6-13-7-5-10/h8H,2-7H2,1H3,(H,11,12). The molecule has 0 aromatic rings. The number of nitrogens with zero attached hydrogens (tertiary/aromatic N) is 1. The van der Waals surface area contributed by atoms with Crippen molar-refractivity contribution in [3.8, 4) is 0 Å². The van der Waals surface area contributed by atoms with E-state index in [9.17, 15) is 4.79 Å². The largest absolute Gasteiger partial charge is 0.481 e. The van der Waals surface area contributed by atoms with Gasteiger partial charge >= 0.3 is 5.97 Å². The van der Waals surface area contributed by atoms with Crippen LogP contribution in [0.2, 0.25) is 0 Å². The van der Waals surface area contributed by atoms with E-state index in [0.29, 0.717) is 0 Å². The molecule has 4 heteroatoms. The van der Waals surface area contributed by atoms with Crippen molar-refractivity contribution >= 4 is 5.97 Å². The van der Waals surface area contributed by atoms with Crippen LogP contribution in [0.25, 0.3) is 0 Å². The molecule has 1 aliphatic heterocycles. The average Bonchev–Trinajstić information content (AvgIpc) is 2.15. The van der Waals surface area contributed by atoms with E-state index in [4.69, 9.17) is 9.84 Å². The lowest BCUT2D eigenvalue weighted by molar-refractivity contribution is -0.141. The van der Waals surface area contributed by atoms with Gasteiger partial charge in [0.15, 0.2) is 0 Å². The molecule has 0 aromatic carbocycles. The molecule has 0 amide bonds. The second-order valence-corrected chi connectivity index (χ2v) is 3.48. The third kappa shape index (κ3) is 3.74. The molecule has 76 valence electrons. The van der Waals surface area contributed by atoms with Gasteiger partial charge in [-0.05, 0) is 13.0 Å². The second kappa shape index (κ2) is 5.19. The summed E-state index contributed by atoms with van der Waals surface area (Å²) in [6.45, 7) is 6.06. The summed E-state index contributed by atoms with van der Waals surface area (Å²) in [5.41, 5.74) is 0. The van der Waals surface area contributed by atoms with E-state index in [1.807, 2.05) is 0 Å². The molecular formula is C9H17NO3. The van der Waals surface area contributed by atoms with Crippen LogP contribution in [0.1, 0.15) is 13.3 Å². The number of hydrogen-bond donors (Lipinski definition) is 1. The van der Waals surface area contributed by atoms with Gasteiger partial charge in [-0.15, -0.1) is 0 Å². The molecule has 0 radical (unpaired) electrons. The first-order valence-corrected chi connectivity index (χ1v) is 4.73. The number of carboxylic acid groups (broad SMARTS) is 1. The quantitative estimate of drug-likeness (QED) is 0.693. The summed E-state index contributed by atoms with van der Waals surface area (Å²) in [5, 5.41) is 8.67. The first kappa shape index (κ1) is 10.5. The maximum absolute atomic E-state index is 10.5. The molecule has 1 rings (SSSR count). The molecule has 1 N–H and O–H groups in total. The Hall–Kier alpha value is -0.610. The minimum atomic E-state index is -0.701. The van der Waals surface area contributed by atoms with Gasteiger partial charge in [0.2, 0.25) is 0 Å². The first-order valence-electron chi connectivity index (χ1n) is 4.73. The number of morpholine rings is 1. The summed E-state index contributed by atoms with van der Waals surface area (Å²) in [5.74, 6) is -0.934. The zero-order chi connectivity index (χ0) is 9.68. The molecule has 1 aliphatic rings. The van der Waals surface area contributed by atoms with Crippen LogP contribution in [-0.2, 0) is 9.53 Å². The number of aliphatic carboxylic acids is 1. The average molecular weight is 187 g/mol. The van der Waals surface area contributed by atoms with Crippen LogP contribution in [0.15, 0.2) is 0 Å². The van der Waals surface area contributed by atoms with Crippen LogP contribution in [-0.4, -0.2) is 48.8 Å². The van der Waals surface area contributed by atoms with Crippen molar-refractivity contribution < 1.29 is 14.6 Å². The Morgan fingerprint density at radius 2 is 2.15 bits per heavy atom. The van der Waals surface area contributed by atoms with E-state index in [1.165, 1.54) is 0 Å². The summed E-state index contributed by atoms with van der Waals surface area (Å²) < 4.78 is 5.20. The molecule has 1 saturated heterocycles. The van der Waals surface area contributed by atoms with Crippen LogP contribution in [0.3, 0.4) is 0 Å². The van der Waals surface area contributed by atoms with Gasteiger partial charge in [-0.25, -0.2) is 0 Å². The Kier molecular flexibility index (Phi) is 4.18. The van der Waals surface area contributed by atoms with Crippen molar-refractivity contribution in [3.63, 3.8) is 0 Å². The fourth-order valence-electron chi connectivity index (χ4n) is 1.32. The zero-order valence-electron chi connectivity index (χ0n) is 8.03. The molecule has 0 saturated carbocycles. The van der Waals surface area contributed by atoms with E-state index in [0.717, 1.165) is 39.3 Å². The summed E-state index contributed by atoms with van der Waals surface area (Å²) in [4.78, 5) is 12.8. The summed E-state index contributed by atoms with van der Waals surface area (Å²) >= 11 is 0. The highest BCUT2D eigenvalue weighted by atomic mass is 16.5.